The molecule has 0 aliphatic carbocycles. The molecule has 6 heteroatoms. The van der Waals surface area contributed by atoms with E-state index >= 15 is 0 Å². The van der Waals surface area contributed by atoms with E-state index in [1.165, 1.54) is 6.08 Å². The second-order valence-electron chi connectivity index (χ2n) is 3.18. The number of hydrogen-bond donors (Lipinski definition) is 2. The highest BCUT2D eigenvalue weighted by Gasteiger charge is 2.24. The molecule has 0 saturated heterocycles. The summed E-state index contributed by atoms with van der Waals surface area (Å²) in [5, 5.41) is 9.68. The summed E-state index contributed by atoms with van der Waals surface area (Å²) in [4.78, 5) is 15.5. The van der Waals surface area contributed by atoms with Crippen molar-refractivity contribution >= 4 is 34.9 Å². The van der Waals surface area contributed by atoms with Gasteiger partial charge in [-0.3, -0.25) is 10.3 Å². The van der Waals surface area contributed by atoms with Crippen LogP contribution in [0.15, 0.2) is 24.3 Å². The molecule has 1 aliphatic rings. The zero-order chi connectivity index (χ0) is 11.7. The minimum Gasteiger partial charge on any atom is -0.479 e. The van der Waals surface area contributed by atoms with Crippen LogP contribution < -0.4 is 5.48 Å². The predicted molar refractivity (Wildman–Crippen MR) is 60.1 cm³/mol. The first-order valence-corrected chi connectivity index (χ1v) is 5.15. The van der Waals surface area contributed by atoms with E-state index in [0.29, 0.717) is 21.3 Å². The normalized spacial score (nSPS) is 19.1. The second kappa shape index (κ2) is 4.33. The molecule has 1 unspecified atom stereocenters. The molecule has 0 spiro atoms. The van der Waals surface area contributed by atoms with E-state index in [9.17, 15) is 4.79 Å². The van der Waals surface area contributed by atoms with Gasteiger partial charge in [0.25, 0.3) is 0 Å². The first-order chi connectivity index (χ1) is 7.58. The predicted octanol–water partition coefficient (Wildman–Crippen LogP) is 2.32. The molecule has 2 rings (SSSR count). The van der Waals surface area contributed by atoms with E-state index in [-0.39, 0.29) is 0 Å². The molecule has 1 aromatic carbocycles. The van der Waals surface area contributed by atoms with Gasteiger partial charge in [-0.25, -0.2) is 4.79 Å². The van der Waals surface area contributed by atoms with E-state index < -0.39 is 12.1 Å². The molecule has 0 bridgehead atoms. The Bertz CT molecular complexity index is 473. The lowest BCUT2D eigenvalue weighted by Gasteiger charge is -2.05. The van der Waals surface area contributed by atoms with Gasteiger partial charge in [-0.2, -0.15) is 0 Å². The van der Waals surface area contributed by atoms with Crippen LogP contribution in [0.1, 0.15) is 5.56 Å². The van der Waals surface area contributed by atoms with Crippen LogP contribution in [-0.4, -0.2) is 17.2 Å². The lowest BCUT2D eigenvalue weighted by Crippen LogP contribution is -2.20. The molecule has 0 aromatic heterocycles. The van der Waals surface area contributed by atoms with Crippen LogP contribution in [0.3, 0.4) is 0 Å². The Morgan fingerprint density at radius 1 is 1.44 bits per heavy atom. The minimum absolute atomic E-state index is 0.431. The van der Waals surface area contributed by atoms with Gasteiger partial charge < -0.3 is 5.11 Å². The second-order valence-corrected chi connectivity index (χ2v) is 4.03. The number of benzene rings is 1. The molecule has 2 N–H and O–H groups in total. The summed E-state index contributed by atoms with van der Waals surface area (Å²) in [6, 6.07) is 4.94. The summed E-state index contributed by atoms with van der Waals surface area (Å²) in [5.74, 6) is -1.06. The van der Waals surface area contributed by atoms with Crippen molar-refractivity contribution in [3.63, 3.8) is 0 Å². The van der Waals surface area contributed by atoms with Gasteiger partial charge in [0.15, 0.2) is 0 Å². The minimum atomic E-state index is -1.06. The van der Waals surface area contributed by atoms with Gasteiger partial charge >= 0.3 is 5.97 Å². The van der Waals surface area contributed by atoms with E-state index in [1.54, 1.807) is 18.2 Å². The Labute approximate surface area is 101 Å². The van der Waals surface area contributed by atoms with E-state index in [4.69, 9.17) is 33.1 Å². The Hall–Kier alpha value is -1.23. The van der Waals surface area contributed by atoms with Gasteiger partial charge in [0.1, 0.15) is 0 Å². The number of rotatable bonds is 2. The van der Waals surface area contributed by atoms with Crippen LogP contribution in [0, 0.1) is 0 Å². The SMILES string of the molecule is O=C(O)C1C=C(c2ccc(Cl)cc2Cl)NO1. The van der Waals surface area contributed by atoms with Crippen LogP contribution in [0.4, 0.5) is 0 Å². The highest BCUT2D eigenvalue weighted by atomic mass is 35.5. The average molecular weight is 260 g/mol. The third-order valence-electron chi connectivity index (χ3n) is 2.08. The van der Waals surface area contributed by atoms with Crippen molar-refractivity contribution in [1.82, 2.24) is 5.48 Å². The van der Waals surface area contributed by atoms with E-state index in [2.05, 4.69) is 5.48 Å². The fourth-order valence-electron chi connectivity index (χ4n) is 1.32. The molecule has 0 amide bonds. The van der Waals surface area contributed by atoms with Gasteiger partial charge in [-0.05, 0) is 24.3 Å². The maximum absolute atomic E-state index is 10.7. The first-order valence-electron chi connectivity index (χ1n) is 4.39. The largest absolute Gasteiger partial charge is 0.479 e. The Morgan fingerprint density at radius 3 is 2.75 bits per heavy atom. The van der Waals surface area contributed by atoms with Crippen molar-refractivity contribution in [1.29, 1.82) is 0 Å². The molecule has 0 fully saturated rings. The highest BCUT2D eigenvalue weighted by Crippen LogP contribution is 2.28. The molecule has 84 valence electrons. The summed E-state index contributed by atoms with van der Waals surface area (Å²) in [6.45, 7) is 0. The third kappa shape index (κ3) is 2.14. The van der Waals surface area contributed by atoms with Crippen molar-refractivity contribution in [2.75, 3.05) is 0 Å². The summed E-state index contributed by atoms with van der Waals surface area (Å²) in [6.07, 6.45) is 0.444. The van der Waals surface area contributed by atoms with Gasteiger partial charge in [-0.1, -0.05) is 23.2 Å². The summed E-state index contributed by atoms with van der Waals surface area (Å²) >= 11 is 11.7. The molecule has 1 heterocycles. The monoisotopic (exact) mass is 259 g/mol. The van der Waals surface area contributed by atoms with Crippen LogP contribution in [0.25, 0.3) is 5.70 Å². The number of halogens is 2. The number of hydrogen-bond acceptors (Lipinski definition) is 3. The summed E-state index contributed by atoms with van der Waals surface area (Å²) in [5.41, 5.74) is 3.69. The van der Waals surface area contributed by atoms with Crippen molar-refractivity contribution in [2.45, 2.75) is 6.10 Å². The number of nitrogens with one attached hydrogen (secondary N) is 1. The van der Waals surface area contributed by atoms with E-state index in [0.717, 1.165) is 0 Å². The van der Waals surface area contributed by atoms with Crippen molar-refractivity contribution < 1.29 is 14.7 Å². The zero-order valence-electron chi connectivity index (χ0n) is 7.91. The number of carbonyl (C=O) groups is 1. The molecule has 1 aromatic rings. The fourth-order valence-corrected chi connectivity index (χ4v) is 1.83. The summed E-state index contributed by atoms with van der Waals surface area (Å²) < 4.78 is 0. The molecule has 0 radical (unpaired) electrons. The van der Waals surface area contributed by atoms with Gasteiger partial charge in [0, 0.05) is 10.6 Å². The maximum Gasteiger partial charge on any atom is 0.339 e. The molecule has 16 heavy (non-hydrogen) atoms. The smallest absolute Gasteiger partial charge is 0.339 e. The molecule has 0 saturated carbocycles. The number of carboxylic acids is 1. The molecule has 1 aliphatic heterocycles. The Kier molecular flexibility index (Phi) is 3.05. The highest BCUT2D eigenvalue weighted by molar-refractivity contribution is 6.35. The molecular weight excluding hydrogens is 253 g/mol. The fraction of sp³-hybridized carbons (Fsp3) is 0.100. The van der Waals surface area contributed by atoms with Gasteiger partial charge in [0.05, 0.1) is 10.7 Å². The topological polar surface area (TPSA) is 58.6 Å². The van der Waals surface area contributed by atoms with Gasteiger partial charge in [0.2, 0.25) is 6.10 Å². The Balaban J connectivity index is 2.32. The lowest BCUT2D eigenvalue weighted by atomic mass is 10.1. The molecule has 1 atom stereocenters. The zero-order valence-corrected chi connectivity index (χ0v) is 9.42. The quantitative estimate of drug-likeness (QED) is 0.856. The standard InChI is InChI=1S/C10H7Cl2NO3/c11-5-1-2-6(7(12)3-5)8-4-9(10(14)15)16-13-8/h1-4,9,13H,(H,14,15). The average Bonchev–Trinajstić information content (AvgIpc) is 2.66. The first kappa shape index (κ1) is 11.3. The maximum atomic E-state index is 10.7. The van der Waals surface area contributed by atoms with Crippen LogP contribution in [0.5, 0.6) is 0 Å². The summed E-state index contributed by atoms with van der Waals surface area (Å²) in [7, 11) is 0. The van der Waals surface area contributed by atoms with E-state index in [1.807, 2.05) is 0 Å². The lowest BCUT2D eigenvalue weighted by molar-refractivity contribution is -0.148. The van der Waals surface area contributed by atoms with Crippen LogP contribution in [-0.2, 0) is 9.63 Å². The van der Waals surface area contributed by atoms with Crippen molar-refractivity contribution in [3.8, 4) is 0 Å². The van der Waals surface area contributed by atoms with Gasteiger partial charge in [-0.15, -0.1) is 0 Å². The van der Waals surface area contributed by atoms with Crippen LogP contribution >= 0.6 is 23.2 Å². The Morgan fingerprint density at radius 2 is 2.19 bits per heavy atom. The van der Waals surface area contributed by atoms with Crippen molar-refractivity contribution in [2.24, 2.45) is 0 Å². The third-order valence-corrected chi connectivity index (χ3v) is 2.63. The number of hydroxylamine groups is 1. The molecule has 4 nitrogen and oxygen atoms in total. The molecular formula is C10H7Cl2NO3. The van der Waals surface area contributed by atoms with Crippen LogP contribution in [0.2, 0.25) is 10.0 Å². The van der Waals surface area contributed by atoms with Crippen molar-refractivity contribution in [3.05, 3.63) is 39.9 Å². The number of aliphatic carboxylic acids is 1. The number of carboxylic acid groups (broad SMARTS) is 1.